The van der Waals surface area contributed by atoms with E-state index >= 15 is 0 Å². The maximum absolute atomic E-state index is 14.1. The highest BCUT2D eigenvalue weighted by molar-refractivity contribution is 6.32. The summed E-state index contributed by atoms with van der Waals surface area (Å²) in [4.78, 5) is 67.5. The van der Waals surface area contributed by atoms with Crippen molar-refractivity contribution in [1.82, 2.24) is 0 Å². The van der Waals surface area contributed by atoms with Crippen LogP contribution in [0.25, 0.3) is 0 Å². The summed E-state index contributed by atoms with van der Waals surface area (Å²) in [6.45, 7) is 9.83. The Morgan fingerprint density at radius 1 is 1.14 bits per heavy atom. The minimum absolute atomic E-state index is 0.0243. The van der Waals surface area contributed by atoms with Gasteiger partial charge in [-0.15, -0.1) is 0 Å². The number of hydrogen-bond donors (Lipinski definition) is 2. The van der Waals surface area contributed by atoms with E-state index < -0.39 is 63.1 Å². The summed E-state index contributed by atoms with van der Waals surface area (Å²) in [5, 5.41) is 22.6. The summed E-state index contributed by atoms with van der Waals surface area (Å²) in [5.74, 6) is -2.90. The molecule has 3 aliphatic carbocycles. The zero-order valence-corrected chi connectivity index (χ0v) is 21.5. The van der Waals surface area contributed by atoms with Crippen molar-refractivity contribution in [2.24, 2.45) is 34.5 Å². The van der Waals surface area contributed by atoms with Gasteiger partial charge in [0.2, 0.25) is 0 Å². The lowest BCUT2D eigenvalue weighted by molar-refractivity contribution is -0.205. The molecule has 6 atom stereocenters. The van der Waals surface area contributed by atoms with Crippen molar-refractivity contribution in [3.8, 4) is 17.6 Å². The summed E-state index contributed by atoms with van der Waals surface area (Å²) in [7, 11) is 0. The Bertz CT molecular complexity index is 1290. The second kappa shape index (κ2) is 8.21. The minimum Gasteiger partial charge on any atom is -0.507 e. The number of carbonyl (C=O) groups excluding carboxylic acids is 5. The van der Waals surface area contributed by atoms with Gasteiger partial charge in [-0.1, -0.05) is 46.5 Å². The quantitative estimate of drug-likeness (QED) is 0.480. The molecule has 0 bridgehead atoms. The van der Waals surface area contributed by atoms with Gasteiger partial charge in [0, 0.05) is 23.3 Å². The van der Waals surface area contributed by atoms with Crippen LogP contribution in [0, 0.1) is 46.3 Å². The lowest BCUT2D eigenvalue weighted by Crippen LogP contribution is -2.76. The fourth-order valence-electron chi connectivity index (χ4n) is 7.44. The van der Waals surface area contributed by atoms with Gasteiger partial charge in [-0.2, -0.15) is 0 Å². The number of fused-ring (bicyclic) bond motifs is 3. The van der Waals surface area contributed by atoms with Gasteiger partial charge in [0.05, 0.1) is 11.5 Å². The summed E-state index contributed by atoms with van der Waals surface area (Å²) in [5.41, 5.74) is -4.17. The van der Waals surface area contributed by atoms with Crippen molar-refractivity contribution in [2.75, 3.05) is 0 Å². The SMILES string of the molecule is CCC#Cc1ccc(O)c2c1C[C@]1(C)C[C@]3(C)C(C(C)C)C(=O)C(C(C)=O)C(=O)[C@]3(O)C(=O)C1C2=O. The van der Waals surface area contributed by atoms with Crippen molar-refractivity contribution in [1.29, 1.82) is 0 Å². The molecule has 0 amide bonds. The Hall–Kier alpha value is -3.11. The van der Waals surface area contributed by atoms with Crippen LogP contribution in [0.2, 0.25) is 0 Å². The first-order chi connectivity index (χ1) is 16.7. The van der Waals surface area contributed by atoms with Crippen LogP contribution in [-0.2, 0) is 25.6 Å². The highest BCUT2D eigenvalue weighted by Crippen LogP contribution is 2.63. The van der Waals surface area contributed by atoms with Crippen molar-refractivity contribution in [3.05, 3.63) is 28.8 Å². The van der Waals surface area contributed by atoms with Crippen molar-refractivity contribution in [3.63, 3.8) is 0 Å². The predicted octanol–water partition coefficient (Wildman–Crippen LogP) is 2.85. The molecule has 2 N–H and O–H groups in total. The van der Waals surface area contributed by atoms with Gasteiger partial charge in [-0.25, -0.2) is 0 Å². The molecule has 3 aliphatic rings. The number of aromatic hydroxyl groups is 1. The van der Waals surface area contributed by atoms with Gasteiger partial charge in [-0.3, -0.25) is 24.0 Å². The second-order valence-electron chi connectivity index (χ2n) is 11.5. The summed E-state index contributed by atoms with van der Waals surface area (Å²) in [6.07, 6.45) is 0.811. The number of carbonyl (C=O) groups is 5. The normalized spacial score (nSPS) is 35.5. The summed E-state index contributed by atoms with van der Waals surface area (Å²) in [6, 6.07) is 2.99. The van der Waals surface area contributed by atoms with E-state index in [1.165, 1.54) is 6.07 Å². The summed E-state index contributed by atoms with van der Waals surface area (Å²) < 4.78 is 0. The number of rotatable bonds is 2. The van der Waals surface area contributed by atoms with Crippen LogP contribution >= 0.6 is 0 Å². The zero-order valence-electron chi connectivity index (χ0n) is 21.5. The standard InChI is InChI=1S/C29H32O7/c1-7-8-9-16-10-11-18(31)20-17(16)12-27(5)13-28(6)21(14(2)3)23(32)19(15(4)30)25(34)29(28,36)26(35)22(27)24(20)33/h10-11,14,19,21-22,31,36H,7,12-13H2,1-6H3/t19?,21?,22?,27-,28-,29+/m1/s1. The first kappa shape index (κ1) is 26.0. The zero-order chi connectivity index (χ0) is 27.0. The number of hydrogen-bond acceptors (Lipinski definition) is 7. The van der Waals surface area contributed by atoms with Gasteiger partial charge in [0.15, 0.2) is 28.7 Å². The van der Waals surface area contributed by atoms with Crippen LogP contribution in [0.4, 0.5) is 0 Å². The monoisotopic (exact) mass is 492 g/mol. The third kappa shape index (κ3) is 3.13. The molecule has 0 saturated heterocycles. The van der Waals surface area contributed by atoms with Crippen LogP contribution in [0.1, 0.15) is 75.9 Å². The molecule has 0 heterocycles. The van der Waals surface area contributed by atoms with Gasteiger partial charge < -0.3 is 10.2 Å². The maximum atomic E-state index is 14.1. The summed E-state index contributed by atoms with van der Waals surface area (Å²) >= 11 is 0. The third-order valence-electron chi connectivity index (χ3n) is 8.66. The maximum Gasteiger partial charge on any atom is 0.190 e. The van der Waals surface area contributed by atoms with E-state index in [-0.39, 0.29) is 30.1 Å². The molecule has 7 nitrogen and oxygen atoms in total. The highest BCUT2D eigenvalue weighted by atomic mass is 16.3. The molecule has 7 heteroatoms. The van der Waals surface area contributed by atoms with E-state index in [2.05, 4.69) is 11.8 Å². The Morgan fingerprint density at radius 2 is 1.78 bits per heavy atom. The number of phenols is 1. The molecular formula is C29H32O7. The molecule has 0 aliphatic heterocycles. The van der Waals surface area contributed by atoms with Gasteiger partial charge in [0.25, 0.3) is 0 Å². The highest BCUT2D eigenvalue weighted by Gasteiger charge is 2.76. The van der Waals surface area contributed by atoms with Crippen molar-refractivity contribution >= 4 is 28.9 Å². The van der Waals surface area contributed by atoms with Crippen LogP contribution < -0.4 is 0 Å². The Morgan fingerprint density at radius 3 is 2.33 bits per heavy atom. The van der Waals surface area contributed by atoms with Gasteiger partial charge in [-0.05, 0) is 48.8 Å². The Labute approximate surface area is 210 Å². The largest absolute Gasteiger partial charge is 0.507 e. The van der Waals surface area contributed by atoms with E-state index in [9.17, 15) is 34.2 Å². The molecule has 3 unspecified atom stereocenters. The fourth-order valence-corrected chi connectivity index (χ4v) is 7.44. The van der Waals surface area contributed by atoms with Crippen molar-refractivity contribution < 1.29 is 34.2 Å². The first-order valence-corrected chi connectivity index (χ1v) is 12.4. The molecular weight excluding hydrogens is 460 g/mol. The minimum atomic E-state index is -2.68. The molecule has 0 spiro atoms. The number of phenolic OH excluding ortho intramolecular Hbond substituents is 1. The number of aliphatic hydroxyl groups is 1. The number of Topliss-reactive ketones (excluding diaryl/α,β-unsaturated/α-hetero) is 5. The van der Waals surface area contributed by atoms with E-state index in [1.54, 1.807) is 33.8 Å². The lowest BCUT2D eigenvalue weighted by Gasteiger charge is -2.61. The topological polar surface area (TPSA) is 126 Å². The molecule has 0 radical (unpaired) electrons. The number of ketones is 5. The molecule has 1 aromatic rings. The van der Waals surface area contributed by atoms with Crippen LogP contribution in [-0.4, -0.2) is 44.7 Å². The van der Waals surface area contributed by atoms with Crippen LogP contribution in [0.5, 0.6) is 5.75 Å². The lowest BCUT2D eigenvalue weighted by atomic mass is 9.40. The van der Waals surface area contributed by atoms with E-state index in [1.807, 2.05) is 6.92 Å². The molecule has 1 aromatic carbocycles. The molecule has 2 fully saturated rings. The molecule has 4 rings (SSSR count). The van der Waals surface area contributed by atoms with Crippen LogP contribution in [0.3, 0.4) is 0 Å². The Balaban J connectivity index is 1.99. The molecule has 190 valence electrons. The molecule has 2 saturated carbocycles. The van der Waals surface area contributed by atoms with E-state index in [0.29, 0.717) is 17.5 Å². The van der Waals surface area contributed by atoms with E-state index in [0.717, 1.165) is 6.92 Å². The first-order valence-electron chi connectivity index (χ1n) is 12.4. The molecule has 36 heavy (non-hydrogen) atoms. The van der Waals surface area contributed by atoms with Crippen LogP contribution in [0.15, 0.2) is 12.1 Å². The van der Waals surface area contributed by atoms with Crippen molar-refractivity contribution in [2.45, 2.75) is 66.4 Å². The average Bonchev–Trinajstić information content (AvgIpc) is 2.75. The fraction of sp³-hybridized carbons (Fsp3) is 0.552. The second-order valence-corrected chi connectivity index (χ2v) is 11.5. The van der Waals surface area contributed by atoms with Gasteiger partial charge in [0.1, 0.15) is 17.5 Å². The van der Waals surface area contributed by atoms with Gasteiger partial charge >= 0.3 is 0 Å². The predicted molar refractivity (Wildman–Crippen MR) is 130 cm³/mol. The average molecular weight is 493 g/mol. The molecule has 0 aromatic heterocycles. The Kier molecular flexibility index (Phi) is 5.92. The van der Waals surface area contributed by atoms with E-state index in [4.69, 9.17) is 0 Å². The smallest absolute Gasteiger partial charge is 0.190 e. The third-order valence-corrected chi connectivity index (χ3v) is 8.66. The number of benzene rings is 1.